The molecule has 18 heavy (non-hydrogen) atoms. The summed E-state index contributed by atoms with van der Waals surface area (Å²) in [5.41, 5.74) is 0.194. The molecule has 1 fully saturated rings. The maximum absolute atomic E-state index is 12.0. The molecule has 4 amide bonds. The van der Waals surface area contributed by atoms with Crippen LogP contribution >= 0.6 is 0 Å². The molecule has 2 heterocycles. The van der Waals surface area contributed by atoms with Crippen LogP contribution in [-0.2, 0) is 19.2 Å². The highest BCUT2D eigenvalue weighted by atomic mass is 16.2. The predicted molar refractivity (Wildman–Crippen MR) is 59.2 cm³/mol. The van der Waals surface area contributed by atoms with E-state index in [-0.39, 0.29) is 37.6 Å². The Balaban J connectivity index is 2.12. The Hall–Kier alpha value is -2.25. The summed E-state index contributed by atoms with van der Waals surface area (Å²) in [4.78, 5) is 46.7. The molecule has 2 aliphatic rings. The average Bonchev–Trinajstić information content (AvgIpc) is 2.30. The van der Waals surface area contributed by atoms with Gasteiger partial charge >= 0.3 is 0 Å². The molecule has 8 heteroatoms. The summed E-state index contributed by atoms with van der Waals surface area (Å²) in [5, 5.41) is 7.06. The SMILES string of the molecule is CN1N=C(C(=O)N2CC(=O)NC(=O)C2)CCC1=O. The molecule has 0 unspecified atom stereocenters. The van der Waals surface area contributed by atoms with Crippen LogP contribution in [0.15, 0.2) is 5.10 Å². The zero-order valence-corrected chi connectivity index (χ0v) is 9.80. The van der Waals surface area contributed by atoms with Gasteiger partial charge in [0.2, 0.25) is 17.7 Å². The number of hydrogen-bond acceptors (Lipinski definition) is 5. The second-order valence-corrected chi connectivity index (χ2v) is 4.10. The fourth-order valence-electron chi connectivity index (χ4n) is 1.79. The Morgan fingerprint density at radius 1 is 1.17 bits per heavy atom. The summed E-state index contributed by atoms with van der Waals surface area (Å²) >= 11 is 0. The van der Waals surface area contributed by atoms with Crippen molar-refractivity contribution in [2.24, 2.45) is 5.10 Å². The Morgan fingerprint density at radius 2 is 1.78 bits per heavy atom. The summed E-state index contributed by atoms with van der Waals surface area (Å²) in [6.07, 6.45) is 0.434. The van der Waals surface area contributed by atoms with Gasteiger partial charge in [0.15, 0.2) is 0 Å². The molecule has 1 N–H and O–H groups in total. The van der Waals surface area contributed by atoms with E-state index in [4.69, 9.17) is 0 Å². The first kappa shape index (κ1) is 12.2. The van der Waals surface area contributed by atoms with Crippen molar-refractivity contribution in [3.63, 3.8) is 0 Å². The summed E-state index contributed by atoms with van der Waals surface area (Å²) in [7, 11) is 1.46. The molecular formula is C10H12N4O4. The first-order valence-electron chi connectivity index (χ1n) is 5.43. The van der Waals surface area contributed by atoms with E-state index in [0.717, 1.165) is 9.91 Å². The highest BCUT2D eigenvalue weighted by Crippen LogP contribution is 2.10. The lowest BCUT2D eigenvalue weighted by molar-refractivity contribution is -0.142. The molecule has 0 aromatic carbocycles. The van der Waals surface area contributed by atoms with Gasteiger partial charge in [-0.05, 0) is 0 Å². The maximum atomic E-state index is 12.0. The summed E-state index contributed by atoms with van der Waals surface area (Å²) in [6.45, 7) is -0.331. The van der Waals surface area contributed by atoms with Gasteiger partial charge in [-0.3, -0.25) is 24.5 Å². The first-order valence-corrected chi connectivity index (χ1v) is 5.43. The van der Waals surface area contributed by atoms with Crippen molar-refractivity contribution in [2.45, 2.75) is 12.8 Å². The van der Waals surface area contributed by atoms with Gasteiger partial charge in [-0.1, -0.05) is 0 Å². The molecular weight excluding hydrogens is 240 g/mol. The third-order valence-electron chi connectivity index (χ3n) is 2.69. The van der Waals surface area contributed by atoms with Crippen molar-refractivity contribution >= 4 is 29.3 Å². The van der Waals surface area contributed by atoms with E-state index in [9.17, 15) is 19.2 Å². The van der Waals surface area contributed by atoms with Crippen molar-refractivity contribution < 1.29 is 19.2 Å². The number of piperazine rings is 1. The molecule has 0 aliphatic carbocycles. The molecule has 0 bridgehead atoms. The Labute approximate surface area is 103 Å². The molecule has 0 radical (unpaired) electrons. The van der Waals surface area contributed by atoms with Gasteiger partial charge in [-0.25, -0.2) is 5.01 Å². The Kier molecular flexibility index (Phi) is 3.09. The van der Waals surface area contributed by atoms with E-state index < -0.39 is 17.7 Å². The minimum absolute atomic E-state index is 0.165. The number of imide groups is 1. The normalized spacial score (nSPS) is 20.7. The van der Waals surface area contributed by atoms with Gasteiger partial charge < -0.3 is 4.90 Å². The van der Waals surface area contributed by atoms with E-state index in [0.29, 0.717) is 0 Å². The smallest absolute Gasteiger partial charge is 0.271 e. The number of amides is 4. The molecule has 96 valence electrons. The summed E-state index contributed by atoms with van der Waals surface area (Å²) in [6, 6.07) is 0. The molecule has 2 rings (SSSR count). The molecule has 0 atom stereocenters. The Bertz CT molecular complexity index is 454. The van der Waals surface area contributed by atoms with E-state index in [2.05, 4.69) is 10.4 Å². The second-order valence-electron chi connectivity index (χ2n) is 4.10. The lowest BCUT2D eigenvalue weighted by Gasteiger charge is -2.27. The van der Waals surface area contributed by atoms with Gasteiger partial charge in [0.25, 0.3) is 5.91 Å². The van der Waals surface area contributed by atoms with Gasteiger partial charge in [0.1, 0.15) is 18.8 Å². The van der Waals surface area contributed by atoms with Gasteiger partial charge in [-0.15, -0.1) is 0 Å². The van der Waals surface area contributed by atoms with E-state index in [1.807, 2.05) is 0 Å². The number of nitrogens with zero attached hydrogens (tertiary/aromatic N) is 3. The lowest BCUT2D eigenvalue weighted by atomic mass is 10.1. The minimum Gasteiger partial charge on any atom is -0.319 e. The zero-order chi connectivity index (χ0) is 13.3. The molecule has 2 aliphatic heterocycles. The van der Waals surface area contributed by atoms with E-state index in [1.165, 1.54) is 7.05 Å². The highest BCUT2D eigenvalue weighted by Gasteiger charge is 2.31. The lowest BCUT2D eigenvalue weighted by Crippen LogP contribution is -2.55. The second kappa shape index (κ2) is 4.55. The maximum Gasteiger partial charge on any atom is 0.271 e. The molecule has 0 aromatic rings. The van der Waals surface area contributed by atoms with Crippen LogP contribution in [0.25, 0.3) is 0 Å². The van der Waals surface area contributed by atoms with Crippen LogP contribution in [0.4, 0.5) is 0 Å². The standard InChI is InChI=1S/C10H12N4O4/c1-13-9(17)3-2-6(12-13)10(18)14-4-7(15)11-8(16)5-14/h2-5H2,1H3,(H,11,15,16). The first-order chi connectivity index (χ1) is 8.47. The minimum atomic E-state index is -0.513. The molecule has 0 spiro atoms. The summed E-state index contributed by atoms with van der Waals surface area (Å²) < 4.78 is 0. The topological polar surface area (TPSA) is 99.2 Å². The Morgan fingerprint density at radius 3 is 2.33 bits per heavy atom. The molecule has 1 saturated heterocycles. The highest BCUT2D eigenvalue weighted by molar-refractivity contribution is 6.40. The largest absolute Gasteiger partial charge is 0.319 e. The number of carbonyl (C=O) groups excluding carboxylic acids is 4. The third kappa shape index (κ3) is 2.36. The fourth-order valence-corrected chi connectivity index (χ4v) is 1.79. The average molecular weight is 252 g/mol. The van der Waals surface area contributed by atoms with Crippen LogP contribution in [0.1, 0.15) is 12.8 Å². The van der Waals surface area contributed by atoms with Crippen molar-refractivity contribution in [1.29, 1.82) is 0 Å². The predicted octanol–water partition coefficient (Wildman–Crippen LogP) is -1.92. The number of hydrogen-bond donors (Lipinski definition) is 1. The van der Waals surface area contributed by atoms with Crippen LogP contribution < -0.4 is 5.32 Å². The molecule has 8 nitrogen and oxygen atoms in total. The monoisotopic (exact) mass is 252 g/mol. The third-order valence-corrected chi connectivity index (χ3v) is 2.69. The van der Waals surface area contributed by atoms with Crippen molar-refractivity contribution in [3.05, 3.63) is 0 Å². The van der Waals surface area contributed by atoms with Gasteiger partial charge in [0, 0.05) is 19.9 Å². The van der Waals surface area contributed by atoms with Gasteiger partial charge in [0.05, 0.1) is 0 Å². The van der Waals surface area contributed by atoms with Crippen molar-refractivity contribution in [3.8, 4) is 0 Å². The quantitative estimate of drug-likeness (QED) is 0.550. The summed E-state index contributed by atoms with van der Waals surface area (Å²) in [5.74, 6) is -1.67. The van der Waals surface area contributed by atoms with Crippen molar-refractivity contribution in [1.82, 2.24) is 15.2 Å². The number of hydrazone groups is 1. The number of carbonyl (C=O) groups is 4. The van der Waals surface area contributed by atoms with Crippen LogP contribution in [0.5, 0.6) is 0 Å². The van der Waals surface area contributed by atoms with Gasteiger partial charge in [-0.2, -0.15) is 5.10 Å². The van der Waals surface area contributed by atoms with Crippen LogP contribution in [-0.4, -0.2) is 59.4 Å². The zero-order valence-electron chi connectivity index (χ0n) is 9.80. The number of nitrogens with one attached hydrogen (secondary N) is 1. The molecule has 0 aromatic heterocycles. The van der Waals surface area contributed by atoms with E-state index in [1.54, 1.807) is 0 Å². The number of rotatable bonds is 1. The van der Waals surface area contributed by atoms with Crippen LogP contribution in [0.2, 0.25) is 0 Å². The van der Waals surface area contributed by atoms with Crippen molar-refractivity contribution in [2.75, 3.05) is 20.1 Å². The van der Waals surface area contributed by atoms with Crippen LogP contribution in [0.3, 0.4) is 0 Å². The van der Waals surface area contributed by atoms with E-state index >= 15 is 0 Å². The van der Waals surface area contributed by atoms with Crippen LogP contribution in [0, 0.1) is 0 Å². The molecule has 0 saturated carbocycles. The fraction of sp³-hybridized carbons (Fsp3) is 0.500.